The number of rotatable bonds is 6. The zero-order valence-electron chi connectivity index (χ0n) is 20.3. The van der Waals surface area contributed by atoms with Gasteiger partial charge in [-0.3, -0.25) is 19.2 Å². The first-order valence-electron chi connectivity index (χ1n) is 12.1. The maximum Gasteiger partial charge on any atom is 0.416 e. The van der Waals surface area contributed by atoms with E-state index in [1.807, 2.05) is 0 Å². The second-order valence-corrected chi connectivity index (χ2v) is 10.4. The van der Waals surface area contributed by atoms with Crippen molar-refractivity contribution in [1.29, 1.82) is 0 Å². The SMILES string of the molecule is O=C1SC(=Cc2ccc3c(cnn3Cc3ccc(C(F)(F)F)cc3C(F)(F)F)c2)C(=O)N1CCN1CCCC1. The molecule has 0 spiro atoms. The van der Waals surface area contributed by atoms with Crippen molar-refractivity contribution in [3.05, 3.63) is 69.8 Å². The zero-order valence-corrected chi connectivity index (χ0v) is 21.2. The van der Waals surface area contributed by atoms with E-state index in [0.29, 0.717) is 35.6 Å². The fourth-order valence-electron chi connectivity index (χ4n) is 4.73. The number of benzene rings is 2. The zero-order chi connectivity index (χ0) is 27.9. The van der Waals surface area contributed by atoms with Crippen LogP contribution in [-0.2, 0) is 23.7 Å². The molecule has 0 unspecified atom stereocenters. The number of hydrogen-bond donors (Lipinski definition) is 0. The molecule has 2 aromatic carbocycles. The first-order chi connectivity index (χ1) is 18.4. The number of amides is 2. The molecule has 0 bridgehead atoms. The lowest BCUT2D eigenvalue weighted by molar-refractivity contribution is -0.143. The van der Waals surface area contributed by atoms with Crippen LogP contribution in [0.2, 0.25) is 0 Å². The largest absolute Gasteiger partial charge is 0.416 e. The lowest BCUT2D eigenvalue weighted by Gasteiger charge is -2.18. The molecule has 6 nitrogen and oxygen atoms in total. The van der Waals surface area contributed by atoms with Crippen molar-refractivity contribution in [3.8, 4) is 0 Å². The van der Waals surface area contributed by atoms with Crippen molar-refractivity contribution in [2.75, 3.05) is 26.2 Å². The van der Waals surface area contributed by atoms with E-state index >= 15 is 0 Å². The molecule has 2 aliphatic rings. The van der Waals surface area contributed by atoms with E-state index in [2.05, 4.69) is 10.00 Å². The Morgan fingerprint density at radius 3 is 2.36 bits per heavy atom. The molecule has 3 aromatic rings. The standard InChI is InChI=1S/C26H22F6N4O2S/c27-25(28,29)19-5-4-17(20(13-19)26(30,31)32)15-36-21-6-3-16(11-18(21)14-33-36)12-22-23(37)35(24(38)39-22)10-9-34-7-1-2-8-34/h3-6,11-14H,1-2,7-10,15H2. The molecule has 2 aliphatic heterocycles. The van der Waals surface area contributed by atoms with Crippen LogP contribution in [-0.4, -0.2) is 56.9 Å². The second kappa shape index (κ2) is 10.3. The molecule has 2 saturated heterocycles. The van der Waals surface area contributed by atoms with E-state index in [4.69, 9.17) is 0 Å². The molecular weight excluding hydrogens is 546 g/mol. The summed E-state index contributed by atoms with van der Waals surface area (Å²) < 4.78 is 80.9. The Hall–Kier alpha value is -3.32. The van der Waals surface area contributed by atoms with Crippen LogP contribution in [0.25, 0.3) is 17.0 Å². The Kier molecular flexibility index (Phi) is 7.23. The number of nitrogens with zero attached hydrogens (tertiary/aromatic N) is 4. The number of hydrogen-bond acceptors (Lipinski definition) is 5. The average Bonchev–Trinajstić information content (AvgIpc) is 3.58. The number of likely N-dealkylation sites (tertiary alicyclic amines) is 1. The van der Waals surface area contributed by atoms with Crippen LogP contribution in [0.5, 0.6) is 0 Å². The van der Waals surface area contributed by atoms with Gasteiger partial charge in [0.05, 0.1) is 34.3 Å². The number of carbonyl (C=O) groups excluding carboxylic acids is 2. The number of fused-ring (bicyclic) bond motifs is 1. The molecule has 2 fully saturated rings. The second-order valence-electron chi connectivity index (χ2n) is 9.37. The monoisotopic (exact) mass is 568 g/mol. The van der Waals surface area contributed by atoms with Gasteiger partial charge in [0, 0.05) is 18.5 Å². The first kappa shape index (κ1) is 27.3. The highest BCUT2D eigenvalue weighted by Gasteiger charge is 2.38. The molecule has 0 N–H and O–H groups in total. The van der Waals surface area contributed by atoms with Gasteiger partial charge in [0.1, 0.15) is 0 Å². The van der Waals surface area contributed by atoms with Crippen molar-refractivity contribution in [2.45, 2.75) is 31.7 Å². The number of aromatic nitrogens is 2. The minimum Gasteiger partial charge on any atom is -0.302 e. The average molecular weight is 569 g/mol. The van der Waals surface area contributed by atoms with E-state index in [-0.39, 0.29) is 27.7 Å². The third-order valence-electron chi connectivity index (χ3n) is 6.74. The molecule has 3 heterocycles. The molecule has 2 amide bonds. The van der Waals surface area contributed by atoms with Gasteiger partial charge in [0.2, 0.25) is 0 Å². The van der Waals surface area contributed by atoms with Crippen molar-refractivity contribution in [1.82, 2.24) is 19.6 Å². The summed E-state index contributed by atoms with van der Waals surface area (Å²) in [5.74, 6) is -0.373. The van der Waals surface area contributed by atoms with Crippen LogP contribution in [0.15, 0.2) is 47.5 Å². The Bertz CT molecular complexity index is 1460. The van der Waals surface area contributed by atoms with Gasteiger partial charge < -0.3 is 4.90 Å². The van der Waals surface area contributed by atoms with E-state index in [1.54, 1.807) is 24.3 Å². The van der Waals surface area contributed by atoms with Crippen LogP contribution in [0, 0.1) is 0 Å². The lowest BCUT2D eigenvalue weighted by Crippen LogP contribution is -2.36. The van der Waals surface area contributed by atoms with E-state index in [1.165, 1.54) is 15.8 Å². The lowest BCUT2D eigenvalue weighted by atomic mass is 10.0. The predicted molar refractivity (Wildman–Crippen MR) is 134 cm³/mol. The highest BCUT2D eigenvalue weighted by Crippen LogP contribution is 2.38. The molecule has 1 aromatic heterocycles. The maximum atomic E-state index is 13.6. The molecular formula is C26H22F6N4O2S. The minimum absolute atomic E-state index is 0.108. The summed E-state index contributed by atoms with van der Waals surface area (Å²) in [6, 6.07) is 6.45. The molecule has 0 atom stereocenters. The number of alkyl halides is 6. The maximum absolute atomic E-state index is 13.6. The number of imide groups is 1. The van der Waals surface area contributed by atoms with Gasteiger partial charge in [-0.25, -0.2) is 0 Å². The van der Waals surface area contributed by atoms with Crippen LogP contribution in [0.4, 0.5) is 31.1 Å². The third kappa shape index (κ3) is 5.83. The normalized spacial score (nSPS) is 18.3. The molecule has 39 heavy (non-hydrogen) atoms. The fraction of sp³-hybridized carbons (Fsp3) is 0.346. The van der Waals surface area contributed by atoms with Gasteiger partial charge in [-0.1, -0.05) is 12.1 Å². The summed E-state index contributed by atoms with van der Waals surface area (Å²) in [7, 11) is 0. The predicted octanol–water partition coefficient (Wildman–Crippen LogP) is 6.25. The highest BCUT2D eigenvalue weighted by atomic mass is 32.2. The van der Waals surface area contributed by atoms with Crippen molar-refractivity contribution >= 4 is 39.9 Å². The van der Waals surface area contributed by atoms with Gasteiger partial charge in [-0.2, -0.15) is 31.4 Å². The summed E-state index contributed by atoms with van der Waals surface area (Å²) in [6.45, 7) is 2.46. The molecule has 13 heteroatoms. The van der Waals surface area contributed by atoms with Gasteiger partial charge in [0.25, 0.3) is 11.1 Å². The molecule has 206 valence electrons. The van der Waals surface area contributed by atoms with Crippen molar-refractivity contribution < 1.29 is 35.9 Å². The Morgan fingerprint density at radius 1 is 0.923 bits per heavy atom. The molecule has 0 aliphatic carbocycles. The summed E-state index contributed by atoms with van der Waals surface area (Å²) in [6.07, 6.45) is -4.68. The quantitative estimate of drug-likeness (QED) is 0.260. The smallest absolute Gasteiger partial charge is 0.302 e. The van der Waals surface area contributed by atoms with Crippen LogP contribution < -0.4 is 0 Å². The van der Waals surface area contributed by atoms with Gasteiger partial charge in [0.15, 0.2) is 0 Å². The summed E-state index contributed by atoms with van der Waals surface area (Å²) in [5, 5.41) is 4.34. The molecule has 0 radical (unpaired) electrons. The van der Waals surface area contributed by atoms with Gasteiger partial charge in [-0.05, 0) is 79.2 Å². The number of thioether (sulfide) groups is 1. The number of carbonyl (C=O) groups is 2. The van der Waals surface area contributed by atoms with Crippen molar-refractivity contribution in [2.24, 2.45) is 0 Å². The van der Waals surface area contributed by atoms with E-state index in [9.17, 15) is 35.9 Å². The molecule has 5 rings (SSSR count). The molecule has 0 saturated carbocycles. The Labute approximate surface area is 223 Å². The Balaban J connectivity index is 1.35. The number of halogens is 6. The summed E-state index contributed by atoms with van der Waals surface area (Å²) in [5.41, 5.74) is -2.06. The summed E-state index contributed by atoms with van der Waals surface area (Å²) in [4.78, 5) is 28.9. The third-order valence-corrected chi connectivity index (χ3v) is 7.65. The fourth-order valence-corrected chi connectivity index (χ4v) is 5.59. The first-order valence-corrected chi connectivity index (χ1v) is 12.9. The van der Waals surface area contributed by atoms with Gasteiger partial charge in [-0.15, -0.1) is 0 Å². The summed E-state index contributed by atoms with van der Waals surface area (Å²) >= 11 is 0.851. The van der Waals surface area contributed by atoms with E-state index < -0.39 is 30.0 Å². The van der Waals surface area contributed by atoms with Crippen LogP contribution >= 0.6 is 11.8 Å². The van der Waals surface area contributed by atoms with Crippen LogP contribution in [0.1, 0.15) is 35.1 Å². The van der Waals surface area contributed by atoms with Gasteiger partial charge >= 0.3 is 12.4 Å². The van der Waals surface area contributed by atoms with Crippen molar-refractivity contribution in [3.63, 3.8) is 0 Å². The van der Waals surface area contributed by atoms with Crippen LogP contribution in [0.3, 0.4) is 0 Å². The van der Waals surface area contributed by atoms with E-state index in [0.717, 1.165) is 43.8 Å². The minimum atomic E-state index is -4.98. The topological polar surface area (TPSA) is 58.4 Å². The highest BCUT2D eigenvalue weighted by molar-refractivity contribution is 8.18. The Morgan fingerprint density at radius 2 is 1.67 bits per heavy atom.